The predicted molar refractivity (Wildman–Crippen MR) is 139 cm³/mol. The maximum absolute atomic E-state index is 12.1. The quantitative estimate of drug-likeness (QED) is 0.401. The maximum atomic E-state index is 12.1. The molecule has 0 heterocycles. The number of rotatable bonds is 8. The number of ether oxygens (including phenoxy) is 1. The van der Waals surface area contributed by atoms with E-state index in [2.05, 4.69) is 45.7 Å². The van der Waals surface area contributed by atoms with Crippen molar-refractivity contribution in [1.29, 1.82) is 0 Å². The number of hydrogen-bond acceptors (Lipinski definition) is 2. The third kappa shape index (κ3) is 6.52. The van der Waals surface area contributed by atoms with Crippen molar-refractivity contribution in [3.63, 3.8) is 0 Å². The van der Waals surface area contributed by atoms with Gasteiger partial charge in [-0.3, -0.25) is 5.32 Å². The van der Waals surface area contributed by atoms with Crippen molar-refractivity contribution in [2.75, 3.05) is 5.32 Å². The van der Waals surface area contributed by atoms with Gasteiger partial charge in [-0.05, 0) is 100 Å². The number of fused-ring (bicyclic) bond motifs is 1. The summed E-state index contributed by atoms with van der Waals surface area (Å²) in [5.74, 6) is 1.46. The molecule has 0 unspecified atom stereocenters. The lowest BCUT2D eigenvalue weighted by Gasteiger charge is -2.58. The Morgan fingerprint density at radius 1 is 1.24 bits per heavy atom. The van der Waals surface area contributed by atoms with Crippen LogP contribution >= 0.6 is 0 Å². The number of allylic oxidation sites excluding steroid dienone is 3. The van der Waals surface area contributed by atoms with Gasteiger partial charge in [0.05, 0.1) is 0 Å². The fraction of sp³-hybridized carbons (Fsp3) is 0.633. The summed E-state index contributed by atoms with van der Waals surface area (Å²) >= 11 is 0. The molecule has 1 aromatic rings. The Balaban J connectivity index is 1.45. The first-order valence-corrected chi connectivity index (χ1v) is 13.0. The number of hydrogen-bond donors (Lipinski definition) is 1. The minimum Gasteiger partial charge on any atom is -0.446 e. The van der Waals surface area contributed by atoms with Crippen LogP contribution in [-0.4, -0.2) is 12.2 Å². The monoisotopic (exact) mass is 451 g/mol. The van der Waals surface area contributed by atoms with E-state index in [1.165, 1.54) is 49.7 Å². The summed E-state index contributed by atoms with van der Waals surface area (Å²) in [4.78, 5) is 12.1. The van der Waals surface area contributed by atoms with Gasteiger partial charge < -0.3 is 4.74 Å². The molecule has 2 aliphatic carbocycles. The average Bonchev–Trinajstić information content (AvgIpc) is 2.73. The predicted octanol–water partition coefficient (Wildman–Crippen LogP) is 8.93. The second-order valence-electron chi connectivity index (χ2n) is 11.5. The lowest BCUT2D eigenvalue weighted by molar-refractivity contribution is -0.0539. The van der Waals surface area contributed by atoms with Crippen LogP contribution in [0.15, 0.2) is 54.1 Å². The van der Waals surface area contributed by atoms with Crippen LogP contribution in [0.2, 0.25) is 0 Å². The molecule has 0 saturated heterocycles. The van der Waals surface area contributed by atoms with E-state index < -0.39 is 0 Å². The lowest BCUT2D eigenvalue weighted by atomic mass is 9.47. The van der Waals surface area contributed by atoms with Crippen LogP contribution in [0.3, 0.4) is 0 Å². The summed E-state index contributed by atoms with van der Waals surface area (Å²) in [7, 11) is 0. The van der Waals surface area contributed by atoms with Crippen LogP contribution in [0.4, 0.5) is 10.5 Å². The third-order valence-corrected chi connectivity index (χ3v) is 8.54. The Labute approximate surface area is 202 Å². The molecule has 0 spiro atoms. The van der Waals surface area contributed by atoms with Gasteiger partial charge in [-0.15, -0.1) is 0 Å². The molecular formula is C30H45NO2. The van der Waals surface area contributed by atoms with Crippen LogP contribution in [0.5, 0.6) is 0 Å². The normalized spacial score (nSPS) is 28.0. The molecule has 2 saturated carbocycles. The third-order valence-electron chi connectivity index (χ3n) is 8.54. The molecule has 4 atom stereocenters. The highest BCUT2D eigenvalue weighted by Gasteiger charge is 2.52. The molecule has 0 radical (unpaired) electrons. The summed E-state index contributed by atoms with van der Waals surface area (Å²) < 4.78 is 5.51. The second-order valence-corrected chi connectivity index (χ2v) is 11.5. The van der Waals surface area contributed by atoms with Crippen molar-refractivity contribution < 1.29 is 9.53 Å². The molecule has 3 rings (SSSR count). The summed E-state index contributed by atoms with van der Waals surface area (Å²) in [6, 6.07) is 9.42. The van der Waals surface area contributed by atoms with Crippen molar-refractivity contribution in [1.82, 2.24) is 0 Å². The number of anilines is 1. The molecule has 1 aromatic carbocycles. The number of benzene rings is 1. The van der Waals surface area contributed by atoms with Gasteiger partial charge in [-0.25, -0.2) is 4.79 Å². The van der Waals surface area contributed by atoms with Crippen molar-refractivity contribution in [3.8, 4) is 0 Å². The maximum Gasteiger partial charge on any atom is 0.411 e. The zero-order valence-corrected chi connectivity index (χ0v) is 21.6. The number of carbonyl (C=O) groups excluding carboxylic acids is 1. The van der Waals surface area contributed by atoms with Crippen LogP contribution in [0, 0.1) is 22.7 Å². The van der Waals surface area contributed by atoms with Crippen molar-refractivity contribution >= 4 is 11.8 Å². The van der Waals surface area contributed by atoms with E-state index in [9.17, 15) is 4.79 Å². The second kappa shape index (κ2) is 10.9. The average molecular weight is 452 g/mol. The van der Waals surface area contributed by atoms with Crippen LogP contribution in [-0.2, 0) is 4.74 Å². The van der Waals surface area contributed by atoms with Gasteiger partial charge in [0, 0.05) is 5.69 Å². The van der Waals surface area contributed by atoms with E-state index >= 15 is 0 Å². The first kappa shape index (κ1) is 25.6. The first-order chi connectivity index (χ1) is 15.6. The molecule has 2 aliphatic rings. The smallest absolute Gasteiger partial charge is 0.411 e. The van der Waals surface area contributed by atoms with E-state index in [1.807, 2.05) is 37.3 Å². The molecular weight excluding hydrogens is 406 g/mol. The molecule has 33 heavy (non-hydrogen) atoms. The zero-order valence-electron chi connectivity index (χ0n) is 21.6. The standard InChI is InChI=1S/C30H45NO2/c1-22(12-10-13-24(3)33-28(32)31-25-14-8-7-9-15-25)16-18-26-23(2)17-19-27-29(4,5)20-11-21-30(26,27)6/h7-9,12,14-15,24,26-27H,2,10-11,13,16-21H2,1,3-6H3,(H,31,32)/t24-,26+,27+,30+/m0/s1. The molecule has 1 amide bonds. The minimum absolute atomic E-state index is 0.111. The minimum atomic E-state index is -0.386. The largest absolute Gasteiger partial charge is 0.446 e. The topological polar surface area (TPSA) is 38.3 Å². The van der Waals surface area contributed by atoms with Crippen molar-refractivity contribution in [2.45, 2.75) is 98.5 Å². The Kier molecular flexibility index (Phi) is 8.48. The van der Waals surface area contributed by atoms with Crippen LogP contribution in [0.1, 0.15) is 92.4 Å². The van der Waals surface area contributed by atoms with E-state index in [-0.39, 0.29) is 12.2 Å². The molecule has 0 aliphatic heterocycles. The van der Waals surface area contributed by atoms with Crippen molar-refractivity contribution in [2.24, 2.45) is 22.7 Å². The Bertz CT molecular complexity index is 840. The van der Waals surface area contributed by atoms with Gasteiger partial charge in [0.15, 0.2) is 0 Å². The SMILES string of the molecule is C=C1CC[C@@H]2C(C)(C)CCC[C@]2(C)[C@@H]1CCC(C)=CCC[C@H](C)OC(=O)Nc1ccccc1. The molecule has 0 bridgehead atoms. The number of nitrogens with one attached hydrogen (secondary N) is 1. The summed E-state index contributed by atoms with van der Waals surface area (Å²) in [6.45, 7) is 16.3. The van der Waals surface area contributed by atoms with Gasteiger partial charge in [-0.2, -0.15) is 0 Å². The van der Waals surface area contributed by atoms with Crippen molar-refractivity contribution in [3.05, 3.63) is 54.1 Å². The highest BCUT2D eigenvalue weighted by molar-refractivity contribution is 5.84. The fourth-order valence-corrected chi connectivity index (χ4v) is 6.76. The lowest BCUT2D eigenvalue weighted by Crippen LogP contribution is -2.49. The number of para-hydroxylation sites is 1. The fourth-order valence-electron chi connectivity index (χ4n) is 6.76. The van der Waals surface area contributed by atoms with Gasteiger partial charge >= 0.3 is 6.09 Å². The van der Waals surface area contributed by atoms with E-state index in [0.717, 1.165) is 30.9 Å². The molecule has 3 nitrogen and oxygen atoms in total. The Morgan fingerprint density at radius 2 is 1.97 bits per heavy atom. The number of carbonyl (C=O) groups is 1. The van der Waals surface area contributed by atoms with E-state index in [0.29, 0.717) is 16.7 Å². The summed E-state index contributed by atoms with van der Waals surface area (Å²) in [5.41, 5.74) is 4.56. The summed E-state index contributed by atoms with van der Waals surface area (Å²) in [5, 5.41) is 2.78. The molecule has 0 aromatic heterocycles. The van der Waals surface area contributed by atoms with Gasteiger partial charge in [0.2, 0.25) is 0 Å². The highest BCUT2D eigenvalue weighted by Crippen LogP contribution is 2.61. The summed E-state index contributed by atoms with van der Waals surface area (Å²) in [6.07, 6.45) is 12.6. The van der Waals surface area contributed by atoms with Gasteiger partial charge in [0.25, 0.3) is 0 Å². The highest BCUT2D eigenvalue weighted by atomic mass is 16.6. The van der Waals surface area contributed by atoms with E-state index in [4.69, 9.17) is 4.74 Å². The molecule has 2 fully saturated rings. The van der Waals surface area contributed by atoms with E-state index in [1.54, 1.807) is 0 Å². The number of amides is 1. The zero-order chi connectivity index (χ0) is 24.1. The molecule has 182 valence electrons. The van der Waals surface area contributed by atoms with Crippen LogP contribution in [0.25, 0.3) is 0 Å². The first-order valence-electron chi connectivity index (χ1n) is 13.0. The van der Waals surface area contributed by atoms with Gasteiger partial charge in [0.1, 0.15) is 6.10 Å². The Morgan fingerprint density at radius 3 is 2.70 bits per heavy atom. The van der Waals surface area contributed by atoms with Gasteiger partial charge in [-0.1, -0.05) is 69.2 Å². The molecule has 1 N–H and O–H groups in total. The van der Waals surface area contributed by atoms with Crippen LogP contribution < -0.4 is 5.32 Å². The Hall–Kier alpha value is -2.03. The molecule has 3 heteroatoms.